The van der Waals surface area contributed by atoms with E-state index < -0.39 is 36.0 Å². The summed E-state index contributed by atoms with van der Waals surface area (Å²) in [5.41, 5.74) is 6.69. The normalized spacial score (nSPS) is 20.1. The molecule has 9 heteroatoms. The lowest BCUT2D eigenvalue weighted by Crippen LogP contribution is -2.58. The summed E-state index contributed by atoms with van der Waals surface area (Å²) in [6, 6.07) is 13.7. The molecule has 3 aliphatic rings. The number of hydrogen-bond donors (Lipinski definition) is 3. The first-order valence-corrected chi connectivity index (χ1v) is 11.4. The number of benzene rings is 2. The van der Waals surface area contributed by atoms with Gasteiger partial charge in [0.05, 0.1) is 6.42 Å². The Morgan fingerprint density at radius 1 is 1.06 bits per heavy atom. The molecular weight excluding hydrogens is 438 g/mol. The van der Waals surface area contributed by atoms with E-state index in [4.69, 9.17) is 4.74 Å². The molecule has 3 N–H and O–H groups in total. The summed E-state index contributed by atoms with van der Waals surface area (Å²) in [5.74, 6) is -2.73. The van der Waals surface area contributed by atoms with Gasteiger partial charge < -0.3 is 15.2 Å². The maximum Gasteiger partial charge on any atom is 0.407 e. The molecule has 2 aliphatic carbocycles. The average molecular weight is 463 g/mol. The fourth-order valence-electron chi connectivity index (χ4n) is 5.00. The molecule has 5 rings (SSSR count). The largest absolute Gasteiger partial charge is 0.480 e. The zero-order valence-electron chi connectivity index (χ0n) is 18.4. The lowest BCUT2D eigenvalue weighted by molar-refractivity contribution is -0.152. The van der Waals surface area contributed by atoms with Crippen LogP contribution in [0.2, 0.25) is 0 Å². The van der Waals surface area contributed by atoms with E-state index in [0.717, 1.165) is 46.5 Å². The van der Waals surface area contributed by atoms with Gasteiger partial charge in [0.1, 0.15) is 12.6 Å². The second-order valence-corrected chi connectivity index (χ2v) is 8.94. The van der Waals surface area contributed by atoms with Crippen LogP contribution in [-0.2, 0) is 19.1 Å². The Balaban J connectivity index is 1.29. The van der Waals surface area contributed by atoms with Crippen LogP contribution < -0.4 is 10.7 Å². The number of aliphatic carboxylic acids is 1. The third-order valence-electron chi connectivity index (χ3n) is 6.96. The Labute approximate surface area is 196 Å². The van der Waals surface area contributed by atoms with Crippen LogP contribution in [0.5, 0.6) is 0 Å². The van der Waals surface area contributed by atoms with Crippen molar-refractivity contribution in [1.82, 2.24) is 15.8 Å². The van der Waals surface area contributed by atoms with Gasteiger partial charge in [0.25, 0.3) is 5.91 Å². The van der Waals surface area contributed by atoms with E-state index in [1.54, 1.807) is 0 Å². The van der Waals surface area contributed by atoms with Crippen LogP contribution in [0.3, 0.4) is 0 Å². The van der Waals surface area contributed by atoms with Gasteiger partial charge in [-0.25, -0.2) is 14.6 Å². The molecule has 1 saturated heterocycles. The summed E-state index contributed by atoms with van der Waals surface area (Å²) in [6.45, 7) is 0.101. The molecule has 3 amide bonds. The molecule has 0 spiro atoms. The van der Waals surface area contributed by atoms with Crippen LogP contribution in [0.15, 0.2) is 48.5 Å². The Hall–Kier alpha value is -3.88. The summed E-state index contributed by atoms with van der Waals surface area (Å²) >= 11 is 0. The van der Waals surface area contributed by atoms with Crippen LogP contribution in [0, 0.1) is 5.92 Å². The van der Waals surface area contributed by atoms with E-state index in [1.165, 1.54) is 0 Å². The van der Waals surface area contributed by atoms with Crippen molar-refractivity contribution in [3.05, 3.63) is 59.7 Å². The van der Waals surface area contributed by atoms with E-state index in [1.807, 2.05) is 48.5 Å². The predicted molar refractivity (Wildman–Crippen MR) is 120 cm³/mol. The lowest BCUT2D eigenvalue weighted by Gasteiger charge is -2.35. The SMILES string of the molecule is O=C1CC(C(=O)O)N(C(=O)C(NC(=O)OCC2c3ccccc3-c3ccccc32)C2CCC2)N1. The number of carboxylic acids is 1. The van der Waals surface area contributed by atoms with Crippen LogP contribution >= 0.6 is 0 Å². The van der Waals surface area contributed by atoms with Crippen molar-refractivity contribution < 1.29 is 29.0 Å². The minimum atomic E-state index is -1.30. The first-order chi connectivity index (χ1) is 16.4. The molecule has 2 unspecified atom stereocenters. The molecule has 2 aromatic rings. The van der Waals surface area contributed by atoms with Crippen molar-refractivity contribution in [3.8, 4) is 11.1 Å². The van der Waals surface area contributed by atoms with Gasteiger partial charge in [0, 0.05) is 5.92 Å². The highest BCUT2D eigenvalue weighted by Gasteiger charge is 2.45. The standard InChI is InChI=1S/C25H25N3O6/c29-21-12-20(24(31)32)28(27-21)23(30)22(14-6-5-7-14)26-25(33)34-13-19-17-10-3-1-8-15(17)16-9-2-4-11-18(16)19/h1-4,8-11,14,19-20,22H,5-7,12-13H2,(H,26,33)(H,27,29)(H,31,32). The van der Waals surface area contributed by atoms with E-state index in [-0.39, 0.29) is 24.9 Å². The quantitative estimate of drug-likeness (QED) is 0.604. The molecule has 0 aromatic heterocycles. The van der Waals surface area contributed by atoms with Crippen molar-refractivity contribution in [2.45, 2.75) is 43.7 Å². The third-order valence-corrected chi connectivity index (χ3v) is 6.96. The Kier molecular flexibility index (Phi) is 5.69. The van der Waals surface area contributed by atoms with Crippen LogP contribution in [0.25, 0.3) is 11.1 Å². The summed E-state index contributed by atoms with van der Waals surface area (Å²) < 4.78 is 5.57. The Morgan fingerprint density at radius 2 is 1.68 bits per heavy atom. The van der Waals surface area contributed by atoms with Crippen molar-refractivity contribution in [2.75, 3.05) is 6.61 Å². The molecule has 34 heavy (non-hydrogen) atoms. The number of nitrogens with one attached hydrogen (secondary N) is 2. The number of fused-ring (bicyclic) bond motifs is 3. The second kappa shape index (κ2) is 8.81. The molecule has 1 heterocycles. The highest BCUT2D eigenvalue weighted by molar-refractivity contribution is 5.96. The van der Waals surface area contributed by atoms with Crippen molar-refractivity contribution >= 4 is 23.9 Å². The number of ether oxygens (including phenoxy) is 1. The fraction of sp³-hybridized carbons (Fsp3) is 0.360. The fourth-order valence-corrected chi connectivity index (χ4v) is 5.00. The molecule has 0 radical (unpaired) electrons. The molecule has 0 bridgehead atoms. The Morgan fingerprint density at radius 3 is 2.24 bits per heavy atom. The number of hydrazine groups is 1. The Bertz CT molecular complexity index is 1120. The van der Waals surface area contributed by atoms with Crippen LogP contribution in [0.1, 0.15) is 42.7 Å². The van der Waals surface area contributed by atoms with Crippen LogP contribution in [0.4, 0.5) is 4.79 Å². The second-order valence-electron chi connectivity index (χ2n) is 8.94. The number of alkyl carbamates (subject to hydrolysis) is 1. The predicted octanol–water partition coefficient (Wildman–Crippen LogP) is 2.41. The van der Waals surface area contributed by atoms with Gasteiger partial charge in [-0.1, -0.05) is 55.0 Å². The molecule has 2 aromatic carbocycles. The van der Waals surface area contributed by atoms with Gasteiger partial charge in [-0.3, -0.25) is 15.0 Å². The summed E-state index contributed by atoms with van der Waals surface area (Å²) in [6.07, 6.45) is 1.29. The number of rotatable bonds is 6. The lowest BCUT2D eigenvalue weighted by atomic mass is 9.79. The van der Waals surface area contributed by atoms with Gasteiger partial charge in [0.2, 0.25) is 5.91 Å². The molecule has 2 fully saturated rings. The van der Waals surface area contributed by atoms with Gasteiger partial charge in [-0.2, -0.15) is 0 Å². The van der Waals surface area contributed by atoms with Crippen molar-refractivity contribution in [2.24, 2.45) is 5.92 Å². The van der Waals surface area contributed by atoms with Gasteiger partial charge in [0.15, 0.2) is 6.04 Å². The first-order valence-electron chi connectivity index (χ1n) is 11.4. The van der Waals surface area contributed by atoms with E-state index in [9.17, 15) is 24.3 Å². The molecule has 1 aliphatic heterocycles. The maximum absolute atomic E-state index is 13.1. The number of carboxylic acid groups (broad SMARTS) is 1. The van der Waals surface area contributed by atoms with Gasteiger partial charge in [-0.15, -0.1) is 0 Å². The number of hydrogen-bond acceptors (Lipinski definition) is 5. The topological polar surface area (TPSA) is 125 Å². The zero-order chi connectivity index (χ0) is 23.8. The maximum atomic E-state index is 13.1. The first kappa shape index (κ1) is 21.9. The molecular formula is C25H25N3O6. The molecule has 1 saturated carbocycles. The van der Waals surface area contributed by atoms with E-state index in [0.29, 0.717) is 0 Å². The number of carbonyl (C=O) groups is 4. The summed E-state index contributed by atoms with van der Waals surface area (Å²) in [5, 5.41) is 12.9. The number of carbonyl (C=O) groups excluding carboxylic acids is 3. The number of amides is 3. The number of nitrogens with zero attached hydrogens (tertiary/aromatic N) is 1. The molecule has 9 nitrogen and oxygen atoms in total. The van der Waals surface area contributed by atoms with E-state index >= 15 is 0 Å². The smallest absolute Gasteiger partial charge is 0.407 e. The summed E-state index contributed by atoms with van der Waals surface area (Å²) in [4.78, 5) is 49.2. The van der Waals surface area contributed by atoms with Crippen LogP contribution in [-0.4, -0.2) is 52.7 Å². The monoisotopic (exact) mass is 463 g/mol. The minimum Gasteiger partial charge on any atom is -0.480 e. The van der Waals surface area contributed by atoms with E-state index in [2.05, 4.69) is 10.7 Å². The third kappa shape index (κ3) is 3.87. The van der Waals surface area contributed by atoms with Crippen molar-refractivity contribution in [1.29, 1.82) is 0 Å². The highest BCUT2D eigenvalue weighted by Crippen LogP contribution is 2.44. The summed E-state index contributed by atoms with van der Waals surface area (Å²) in [7, 11) is 0. The highest BCUT2D eigenvalue weighted by atomic mass is 16.5. The van der Waals surface area contributed by atoms with Gasteiger partial charge in [-0.05, 0) is 41.0 Å². The zero-order valence-corrected chi connectivity index (χ0v) is 18.4. The minimum absolute atomic E-state index is 0.101. The van der Waals surface area contributed by atoms with Gasteiger partial charge >= 0.3 is 12.1 Å². The molecule has 2 atom stereocenters. The average Bonchev–Trinajstić information content (AvgIpc) is 3.34. The molecule has 176 valence electrons. The van der Waals surface area contributed by atoms with Crippen molar-refractivity contribution in [3.63, 3.8) is 0 Å².